The van der Waals surface area contributed by atoms with Gasteiger partial charge in [0.15, 0.2) is 0 Å². The molecule has 15 heavy (non-hydrogen) atoms. The third kappa shape index (κ3) is 1.77. The Morgan fingerprint density at radius 3 is 2.53 bits per heavy atom. The number of nitrogens with zero attached hydrogens (tertiary/aromatic N) is 1. The standard InChI is InChI=1S/C12H12BrNO/c1-8-5-9(2)11(10(13)6-8)12(3-4-12)14-7-15/h5-6H,3-4H2,1-2H3. The number of rotatable bonds is 2. The topological polar surface area (TPSA) is 29.4 Å². The number of isocyanates is 1. The van der Waals surface area contributed by atoms with Crippen molar-refractivity contribution in [2.45, 2.75) is 32.2 Å². The molecule has 0 bridgehead atoms. The van der Waals surface area contributed by atoms with Gasteiger partial charge in [0.2, 0.25) is 6.08 Å². The molecule has 0 atom stereocenters. The number of benzene rings is 1. The van der Waals surface area contributed by atoms with Crippen LogP contribution >= 0.6 is 15.9 Å². The van der Waals surface area contributed by atoms with Gasteiger partial charge in [-0.25, -0.2) is 4.79 Å². The van der Waals surface area contributed by atoms with Crippen molar-refractivity contribution in [2.75, 3.05) is 0 Å². The average molecular weight is 266 g/mol. The Morgan fingerprint density at radius 1 is 1.40 bits per heavy atom. The maximum absolute atomic E-state index is 10.4. The lowest BCUT2D eigenvalue weighted by molar-refractivity contribution is 0.556. The smallest absolute Gasteiger partial charge is 0.211 e. The van der Waals surface area contributed by atoms with Crippen LogP contribution in [0.15, 0.2) is 21.6 Å². The third-order valence-electron chi connectivity index (χ3n) is 2.88. The Hall–Kier alpha value is -0.920. The Kier molecular flexibility index (Phi) is 2.53. The number of aryl methyl sites for hydroxylation is 2. The molecule has 0 aromatic heterocycles. The maximum Gasteiger partial charge on any atom is 0.235 e. The molecule has 1 aliphatic carbocycles. The summed E-state index contributed by atoms with van der Waals surface area (Å²) >= 11 is 3.55. The minimum Gasteiger partial charge on any atom is -0.211 e. The normalized spacial score (nSPS) is 17.0. The van der Waals surface area contributed by atoms with E-state index in [-0.39, 0.29) is 5.54 Å². The molecule has 0 saturated heterocycles. The minimum absolute atomic E-state index is 0.279. The summed E-state index contributed by atoms with van der Waals surface area (Å²) < 4.78 is 1.05. The Bertz CT molecular complexity index is 434. The number of hydrogen-bond donors (Lipinski definition) is 0. The van der Waals surface area contributed by atoms with E-state index in [1.165, 1.54) is 11.1 Å². The van der Waals surface area contributed by atoms with Crippen LogP contribution in [0.1, 0.15) is 29.5 Å². The van der Waals surface area contributed by atoms with Crippen molar-refractivity contribution in [1.82, 2.24) is 0 Å². The lowest BCUT2D eigenvalue weighted by Gasteiger charge is -2.15. The molecule has 0 N–H and O–H groups in total. The van der Waals surface area contributed by atoms with Crippen LogP contribution in [0.4, 0.5) is 0 Å². The molecule has 2 rings (SSSR count). The molecule has 0 heterocycles. The van der Waals surface area contributed by atoms with E-state index in [1.807, 2.05) is 0 Å². The summed E-state index contributed by atoms with van der Waals surface area (Å²) in [4.78, 5) is 14.4. The first kappa shape index (κ1) is 10.6. The second-order valence-electron chi connectivity index (χ2n) is 4.17. The maximum atomic E-state index is 10.4. The van der Waals surface area contributed by atoms with Gasteiger partial charge in [0.25, 0.3) is 0 Å². The van der Waals surface area contributed by atoms with E-state index in [1.54, 1.807) is 6.08 Å². The van der Waals surface area contributed by atoms with Gasteiger partial charge < -0.3 is 0 Å². The summed E-state index contributed by atoms with van der Waals surface area (Å²) in [6.45, 7) is 4.12. The predicted octanol–water partition coefficient (Wildman–Crippen LogP) is 3.39. The summed E-state index contributed by atoms with van der Waals surface area (Å²) in [7, 11) is 0. The highest BCUT2D eigenvalue weighted by atomic mass is 79.9. The summed E-state index contributed by atoms with van der Waals surface area (Å²) in [5.74, 6) is 0. The molecule has 0 amide bonds. The Morgan fingerprint density at radius 2 is 2.07 bits per heavy atom. The van der Waals surface area contributed by atoms with E-state index < -0.39 is 0 Å². The van der Waals surface area contributed by atoms with Gasteiger partial charge in [0, 0.05) is 4.47 Å². The molecule has 0 radical (unpaired) electrons. The van der Waals surface area contributed by atoms with Gasteiger partial charge in [-0.15, -0.1) is 0 Å². The first-order valence-corrected chi connectivity index (χ1v) is 5.75. The minimum atomic E-state index is -0.279. The molecule has 2 nitrogen and oxygen atoms in total. The monoisotopic (exact) mass is 265 g/mol. The van der Waals surface area contributed by atoms with Crippen LogP contribution in [0.2, 0.25) is 0 Å². The van der Waals surface area contributed by atoms with Crippen molar-refractivity contribution in [1.29, 1.82) is 0 Å². The molecular formula is C12H12BrNO. The zero-order valence-electron chi connectivity index (χ0n) is 8.80. The molecule has 0 aliphatic heterocycles. The second-order valence-corrected chi connectivity index (χ2v) is 5.03. The fourth-order valence-corrected chi connectivity index (χ4v) is 3.17. The molecular weight excluding hydrogens is 254 g/mol. The van der Waals surface area contributed by atoms with Gasteiger partial charge in [0.05, 0.1) is 5.54 Å². The Balaban J connectivity index is 2.58. The van der Waals surface area contributed by atoms with Crippen molar-refractivity contribution < 1.29 is 4.79 Å². The number of aliphatic imine (C=N–C) groups is 1. The quantitative estimate of drug-likeness (QED) is 0.596. The first-order valence-electron chi connectivity index (χ1n) is 4.95. The molecule has 1 fully saturated rings. The number of halogens is 1. The SMILES string of the molecule is Cc1cc(C)c(C2(N=C=O)CC2)c(Br)c1. The molecule has 1 aliphatic rings. The molecule has 1 saturated carbocycles. The van der Waals surface area contributed by atoms with Crippen molar-refractivity contribution in [3.05, 3.63) is 33.3 Å². The second kappa shape index (κ2) is 3.58. The van der Waals surface area contributed by atoms with Crippen molar-refractivity contribution in [3.8, 4) is 0 Å². The third-order valence-corrected chi connectivity index (χ3v) is 3.51. The number of hydrogen-bond acceptors (Lipinski definition) is 2. The molecule has 3 heteroatoms. The average Bonchev–Trinajstić information content (AvgIpc) is 2.83. The van der Waals surface area contributed by atoms with Crippen LogP contribution < -0.4 is 0 Å². The van der Waals surface area contributed by atoms with Gasteiger partial charge in [-0.1, -0.05) is 22.0 Å². The van der Waals surface area contributed by atoms with E-state index >= 15 is 0 Å². The summed E-state index contributed by atoms with van der Waals surface area (Å²) in [6.07, 6.45) is 3.59. The predicted molar refractivity (Wildman–Crippen MR) is 62.6 cm³/mol. The fraction of sp³-hybridized carbons (Fsp3) is 0.417. The van der Waals surface area contributed by atoms with Gasteiger partial charge >= 0.3 is 0 Å². The van der Waals surface area contributed by atoms with E-state index in [0.717, 1.165) is 22.9 Å². The van der Waals surface area contributed by atoms with E-state index in [0.29, 0.717) is 0 Å². The van der Waals surface area contributed by atoms with E-state index in [2.05, 4.69) is 46.9 Å². The first-order chi connectivity index (χ1) is 7.09. The van der Waals surface area contributed by atoms with E-state index in [9.17, 15) is 4.79 Å². The van der Waals surface area contributed by atoms with Gasteiger partial charge in [-0.05, 0) is 49.4 Å². The van der Waals surface area contributed by atoms with Crippen LogP contribution in [0.25, 0.3) is 0 Å². The molecule has 1 aromatic rings. The number of carbonyl (C=O) groups excluding carboxylic acids is 1. The molecule has 0 unspecified atom stereocenters. The summed E-state index contributed by atoms with van der Waals surface area (Å²) in [6, 6.07) is 4.20. The molecule has 1 aromatic carbocycles. The summed E-state index contributed by atoms with van der Waals surface area (Å²) in [5.41, 5.74) is 3.28. The Labute approximate surface area is 97.5 Å². The largest absolute Gasteiger partial charge is 0.235 e. The van der Waals surface area contributed by atoms with Crippen LogP contribution in [-0.4, -0.2) is 6.08 Å². The zero-order chi connectivity index (χ0) is 11.1. The van der Waals surface area contributed by atoms with Crippen LogP contribution in [0.5, 0.6) is 0 Å². The van der Waals surface area contributed by atoms with Gasteiger partial charge in [-0.3, -0.25) is 0 Å². The van der Waals surface area contributed by atoms with Crippen LogP contribution in [0.3, 0.4) is 0 Å². The van der Waals surface area contributed by atoms with Crippen molar-refractivity contribution in [2.24, 2.45) is 4.99 Å². The molecule has 0 spiro atoms. The van der Waals surface area contributed by atoms with Crippen LogP contribution in [0, 0.1) is 13.8 Å². The van der Waals surface area contributed by atoms with Crippen molar-refractivity contribution >= 4 is 22.0 Å². The highest BCUT2D eigenvalue weighted by molar-refractivity contribution is 9.10. The lowest BCUT2D eigenvalue weighted by Crippen LogP contribution is -2.06. The van der Waals surface area contributed by atoms with Crippen LogP contribution in [-0.2, 0) is 10.3 Å². The summed E-state index contributed by atoms with van der Waals surface area (Å²) in [5, 5.41) is 0. The van der Waals surface area contributed by atoms with Crippen molar-refractivity contribution in [3.63, 3.8) is 0 Å². The lowest BCUT2D eigenvalue weighted by atomic mass is 9.98. The highest BCUT2D eigenvalue weighted by Crippen LogP contribution is 2.52. The van der Waals surface area contributed by atoms with E-state index in [4.69, 9.17) is 0 Å². The van der Waals surface area contributed by atoms with Gasteiger partial charge in [0.1, 0.15) is 0 Å². The fourth-order valence-electron chi connectivity index (χ4n) is 2.13. The highest BCUT2D eigenvalue weighted by Gasteiger charge is 2.46. The zero-order valence-corrected chi connectivity index (χ0v) is 10.4. The molecule has 78 valence electrons. The van der Waals surface area contributed by atoms with Gasteiger partial charge in [-0.2, -0.15) is 4.99 Å².